The Morgan fingerprint density at radius 1 is 1.36 bits per heavy atom. The van der Waals surface area contributed by atoms with E-state index in [2.05, 4.69) is 29.5 Å². The molecule has 2 aliphatic rings. The summed E-state index contributed by atoms with van der Waals surface area (Å²) in [5.74, 6) is 0.597. The predicted octanol–water partition coefficient (Wildman–Crippen LogP) is 2.24. The Bertz CT molecular complexity index is 854. The number of fused-ring (bicyclic) bond motifs is 1. The summed E-state index contributed by atoms with van der Waals surface area (Å²) < 4.78 is 42.9. The van der Waals surface area contributed by atoms with E-state index < -0.39 is 15.7 Å². The number of aliphatic imine (C=N–C) groups is 1. The number of benzene rings is 1. The number of rotatable bonds is 6. The highest BCUT2D eigenvalue weighted by atomic mass is 32.2. The first-order valence-corrected chi connectivity index (χ1v) is 11.8. The Kier molecular flexibility index (Phi) is 6.00. The van der Waals surface area contributed by atoms with E-state index in [0.717, 1.165) is 13.0 Å². The third kappa shape index (κ3) is 4.49. The molecular weight excluding hydrogens is 381 g/mol. The van der Waals surface area contributed by atoms with Gasteiger partial charge in [-0.15, -0.1) is 0 Å². The zero-order chi connectivity index (χ0) is 20.5. The molecule has 2 N–H and O–H groups in total. The Hall–Kier alpha value is -1.67. The molecule has 1 saturated heterocycles. The van der Waals surface area contributed by atoms with Crippen molar-refractivity contribution in [2.45, 2.75) is 51.6 Å². The van der Waals surface area contributed by atoms with Crippen LogP contribution in [0.4, 0.5) is 4.39 Å². The minimum Gasteiger partial charge on any atom is -0.377 e. The molecule has 6 nitrogen and oxygen atoms in total. The number of nitrogens with one attached hydrogen (secondary N) is 2. The summed E-state index contributed by atoms with van der Waals surface area (Å²) in [6, 6.07) is 4.42. The summed E-state index contributed by atoms with van der Waals surface area (Å²) in [5.41, 5.74) is 1.17. The van der Waals surface area contributed by atoms with E-state index in [4.69, 9.17) is 4.74 Å². The molecule has 1 aromatic rings. The van der Waals surface area contributed by atoms with Crippen molar-refractivity contribution in [2.75, 3.05) is 19.4 Å². The predicted molar refractivity (Wildman–Crippen MR) is 108 cm³/mol. The average molecular weight is 412 g/mol. The van der Waals surface area contributed by atoms with Gasteiger partial charge in [0.25, 0.3) is 0 Å². The van der Waals surface area contributed by atoms with Crippen LogP contribution in [-0.4, -0.2) is 45.9 Å². The molecule has 8 heteroatoms. The van der Waals surface area contributed by atoms with Crippen molar-refractivity contribution in [2.24, 2.45) is 16.3 Å². The molecule has 3 rings (SSSR count). The van der Waals surface area contributed by atoms with Crippen molar-refractivity contribution >= 4 is 15.8 Å². The summed E-state index contributed by atoms with van der Waals surface area (Å²) in [6.45, 7) is 8.07. The smallest absolute Gasteiger partial charge is 0.191 e. The number of halogens is 1. The van der Waals surface area contributed by atoms with Crippen molar-refractivity contribution in [1.82, 2.24) is 10.6 Å². The maximum Gasteiger partial charge on any atom is 0.191 e. The number of hydrogen-bond donors (Lipinski definition) is 2. The monoisotopic (exact) mass is 411 g/mol. The molecule has 0 amide bonds. The largest absolute Gasteiger partial charge is 0.377 e. The van der Waals surface area contributed by atoms with Gasteiger partial charge >= 0.3 is 0 Å². The number of hydrogen-bond acceptors (Lipinski definition) is 4. The van der Waals surface area contributed by atoms with Crippen LogP contribution in [-0.2, 0) is 26.9 Å². The molecule has 3 atom stereocenters. The minimum absolute atomic E-state index is 0.0116. The first-order valence-electron chi connectivity index (χ1n) is 9.73. The van der Waals surface area contributed by atoms with E-state index in [9.17, 15) is 12.8 Å². The Morgan fingerprint density at radius 3 is 2.79 bits per heavy atom. The standard InChI is InChI=1S/C20H30FN3O3S/c1-5-22-19(24-17-16-8-9-27-18(16)20(17,2)3)23-11-14-10-15(21)7-6-13(14)12-28(4,25)26/h6-7,10,16-18H,5,8-9,11-12H2,1-4H3,(H2,22,23,24). The van der Waals surface area contributed by atoms with Gasteiger partial charge in [0.2, 0.25) is 0 Å². The van der Waals surface area contributed by atoms with Gasteiger partial charge in [-0.25, -0.2) is 17.8 Å². The molecule has 1 heterocycles. The number of guanidine groups is 1. The minimum atomic E-state index is -3.22. The highest BCUT2D eigenvalue weighted by Gasteiger charge is 2.59. The van der Waals surface area contributed by atoms with Crippen LogP contribution < -0.4 is 10.6 Å². The van der Waals surface area contributed by atoms with E-state index in [-0.39, 0.29) is 29.9 Å². The van der Waals surface area contributed by atoms with Crippen LogP contribution in [0.1, 0.15) is 38.3 Å². The first-order chi connectivity index (χ1) is 13.1. The zero-order valence-corrected chi connectivity index (χ0v) is 17.8. The van der Waals surface area contributed by atoms with E-state index in [1.165, 1.54) is 24.5 Å². The van der Waals surface area contributed by atoms with E-state index in [0.29, 0.717) is 29.5 Å². The second-order valence-corrected chi connectivity index (χ2v) is 10.5. The Balaban J connectivity index is 1.77. The lowest BCUT2D eigenvalue weighted by atomic mass is 9.57. The van der Waals surface area contributed by atoms with Crippen LogP contribution in [0.15, 0.2) is 23.2 Å². The molecule has 28 heavy (non-hydrogen) atoms. The zero-order valence-electron chi connectivity index (χ0n) is 17.0. The number of ether oxygens (including phenoxy) is 1. The maximum absolute atomic E-state index is 13.7. The molecule has 0 spiro atoms. The highest BCUT2D eigenvalue weighted by Crippen LogP contribution is 2.52. The molecular formula is C20H30FN3O3S. The Morgan fingerprint density at radius 2 is 2.11 bits per heavy atom. The molecule has 0 radical (unpaired) electrons. The number of sulfone groups is 1. The van der Waals surface area contributed by atoms with Gasteiger partial charge in [-0.1, -0.05) is 19.9 Å². The first kappa shape index (κ1) is 21.0. The highest BCUT2D eigenvalue weighted by molar-refractivity contribution is 7.89. The van der Waals surface area contributed by atoms with E-state index in [1.54, 1.807) is 0 Å². The fraction of sp³-hybridized carbons (Fsp3) is 0.650. The lowest BCUT2D eigenvalue weighted by Gasteiger charge is -2.54. The lowest BCUT2D eigenvalue weighted by Crippen LogP contribution is -2.67. The second kappa shape index (κ2) is 7.99. The summed E-state index contributed by atoms with van der Waals surface area (Å²) in [5, 5.41) is 6.75. The quantitative estimate of drug-likeness (QED) is 0.554. The maximum atomic E-state index is 13.7. The van der Waals surface area contributed by atoms with Gasteiger partial charge in [0.1, 0.15) is 5.82 Å². The summed E-state index contributed by atoms with van der Waals surface area (Å²) >= 11 is 0. The number of nitrogens with zero attached hydrogens (tertiary/aromatic N) is 1. The molecule has 3 unspecified atom stereocenters. The van der Waals surface area contributed by atoms with Crippen LogP contribution in [0.2, 0.25) is 0 Å². The average Bonchev–Trinajstić information content (AvgIpc) is 3.05. The molecule has 1 aliphatic heterocycles. The molecule has 0 bridgehead atoms. The third-order valence-electron chi connectivity index (χ3n) is 5.73. The van der Waals surface area contributed by atoms with Crippen LogP contribution in [0.25, 0.3) is 0 Å². The fourth-order valence-corrected chi connectivity index (χ4v) is 5.26. The van der Waals surface area contributed by atoms with Gasteiger partial charge in [0, 0.05) is 36.8 Å². The third-order valence-corrected chi connectivity index (χ3v) is 6.57. The van der Waals surface area contributed by atoms with Gasteiger partial charge in [0.05, 0.1) is 18.4 Å². The van der Waals surface area contributed by atoms with Gasteiger partial charge in [-0.05, 0) is 36.6 Å². The molecule has 0 aromatic heterocycles. The fourth-order valence-electron chi connectivity index (χ4n) is 4.41. The summed E-state index contributed by atoms with van der Waals surface area (Å²) in [4.78, 5) is 4.61. The summed E-state index contributed by atoms with van der Waals surface area (Å²) in [7, 11) is -3.22. The SMILES string of the molecule is CCNC(=NCc1cc(F)ccc1CS(C)(=O)=O)NC1C2CCOC2C1(C)C. The molecule has 1 aromatic carbocycles. The van der Waals surface area contributed by atoms with E-state index in [1.807, 2.05) is 6.92 Å². The lowest BCUT2D eigenvalue weighted by molar-refractivity contribution is -0.106. The van der Waals surface area contributed by atoms with Gasteiger partial charge in [-0.2, -0.15) is 0 Å². The van der Waals surface area contributed by atoms with Crippen LogP contribution >= 0.6 is 0 Å². The van der Waals surface area contributed by atoms with E-state index >= 15 is 0 Å². The molecule has 156 valence electrons. The normalized spacial score (nSPS) is 26.5. The van der Waals surface area contributed by atoms with Crippen molar-refractivity contribution in [3.8, 4) is 0 Å². The van der Waals surface area contributed by atoms with Crippen LogP contribution in [0.5, 0.6) is 0 Å². The van der Waals surface area contributed by atoms with Crippen molar-refractivity contribution < 1.29 is 17.5 Å². The summed E-state index contributed by atoms with van der Waals surface area (Å²) in [6.07, 6.45) is 2.49. The molecule has 1 aliphatic carbocycles. The Labute approximate surface area is 166 Å². The van der Waals surface area contributed by atoms with Crippen LogP contribution in [0.3, 0.4) is 0 Å². The van der Waals surface area contributed by atoms with Gasteiger partial charge < -0.3 is 15.4 Å². The topological polar surface area (TPSA) is 79.8 Å². The second-order valence-electron chi connectivity index (χ2n) is 8.37. The van der Waals surface area contributed by atoms with Gasteiger partial charge in [-0.3, -0.25) is 0 Å². The van der Waals surface area contributed by atoms with Crippen LogP contribution in [0, 0.1) is 17.2 Å². The van der Waals surface area contributed by atoms with Crippen molar-refractivity contribution in [3.05, 3.63) is 35.1 Å². The van der Waals surface area contributed by atoms with Gasteiger partial charge in [0.15, 0.2) is 15.8 Å². The van der Waals surface area contributed by atoms with Crippen molar-refractivity contribution in [3.63, 3.8) is 0 Å². The molecule has 2 fully saturated rings. The molecule has 1 saturated carbocycles. The van der Waals surface area contributed by atoms with Crippen molar-refractivity contribution in [1.29, 1.82) is 0 Å².